The van der Waals surface area contributed by atoms with Gasteiger partial charge in [-0.05, 0) is 57.4 Å². The SMILES string of the molecule is CCCN1CCC(NC(=NC)NCC2(CCOCC)CC2)CC1. The molecule has 0 atom stereocenters. The van der Waals surface area contributed by atoms with Gasteiger partial charge in [0, 0.05) is 45.9 Å². The van der Waals surface area contributed by atoms with Gasteiger partial charge in [-0.3, -0.25) is 4.99 Å². The van der Waals surface area contributed by atoms with Crippen molar-refractivity contribution >= 4 is 5.96 Å². The zero-order valence-electron chi connectivity index (χ0n) is 15.4. The van der Waals surface area contributed by atoms with Crippen LogP contribution < -0.4 is 10.6 Å². The number of aliphatic imine (C=N–C) groups is 1. The van der Waals surface area contributed by atoms with Crippen molar-refractivity contribution in [3.8, 4) is 0 Å². The molecule has 0 aromatic heterocycles. The summed E-state index contributed by atoms with van der Waals surface area (Å²) >= 11 is 0. The van der Waals surface area contributed by atoms with Crippen molar-refractivity contribution in [1.82, 2.24) is 15.5 Å². The Morgan fingerprint density at radius 2 is 2.00 bits per heavy atom. The molecule has 0 unspecified atom stereocenters. The minimum Gasteiger partial charge on any atom is -0.382 e. The predicted molar refractivity (Wildman–Crippen MR) is 97.0 cm³/mol. The fourth-order valence-electron chi connectivity index (χ4n) is 3.40. The maximum atomic E-state index is 5.52. The first-order chi connectivity index (χ1) is 11.2. The first-order valence-electron chi connectivity index (χ1n) is 9.48. The molecule has 2 aliphatic rings. The van der Waals surface area contributed by atoms with E-state index in [0.717, 1.165) is 25.7 Å². The molecular formula is C18H36N4O. The molecule has 0 spiro atoms. The average Bonchev–Trinajstić information content (AvgIpc) is 3.34. The van der Waals surface area contributed by atoms with Crippen LogP contribution in [0.4, 0.5) is 0 Å². The third kappa shape index (κ3) is 6.30. The highest BCUT2D eigenvalue weighted by Gasteiger charge is 2.42. The maximum Gasteiger partial charge on any atom is 0.191 e. The number of ether oxygens (including phenoxy) is 1. The zero-order chi connectivity index (χ0) is 16.5. The van der Waals surface area contributed by atoms with Gasteiger partial charge in [0.1, 0.15) is 0 Å². The summed E-state index contributed by atoms with van der Waals surface area (Å²) in [5.74, 6) is 0.974. The van der Waals surface area contributed by atoms with Crippen LogP contribution in [-0.2, 0) is 4.74 Å². The van der Waals surface area contributed by atoms with Crippen LogP contribution in [0.2, 0.25) is 0 Å². The van der Waals surface area contributed by atoms with Gasteiger partial charge in [-0.2, -0.15) is 0 Å². The molecule has 134 valence electrons. The van der Waals surface area contributed by atoms with E-state index >= 15 is 0 Å². The van der Waals surface area contributed by atoms with Gasteiger partial charge in [0.05, 0.1) is 0 Å². The fourth-order valence-corrected chi connectivity index (χ4v) is 3.40. The second-order valence-electron chi connectivity index (χ2n) is 7.13. The molecule has 2 N–H and O–H groups in total. The Bertz CT molecular complexity index is 360. The summed E-state index contributed by atoms with van der Waals surface area (Å²) in [5, 5.41) is 7.17. The van der Waals surface area contributed by atoms with E-state index in [1.807, 2.05) is 7.05 Å². The molecule has 0 aromatic rings. The number of rotatable bonds is 9. The summed E-state index contributed by atoms with van der Waals surface area (Å²) in [6.45, 7) is 10.7. The van der Waals surface area contributed by atoms with Crippen molar-refractivity contribution in [3.05, 3.63) is 0 Å². The summed E-state index contributed by atoms with van der Waals surface area (Å²) in [4.78, 5) is 6.99. The van der Waals surface area contributed by atoms with Crippen LogP contribution in [0.25, 0.3) is 0 Å². The van der Waals surface area contributed by atoms with E-state index < -0.39 is 0 Å². The quantitative estimate of drug-likeness (QED) is 0.388. The minimum absolute atomic E-state index is 0.456. The van der Waals surface area contributed by atoms with Crippen molar-refractivity contribution in [1.29, 1.82) is 0 Å². The van der Waals surface area contributed by atoms with Crippen LogP contribution in [0.3, 0.4) is 0 Å². The predicted octanol–water partition coefficient (Wildman–Crippen LogP) is 2.23. The van der Waals surface area contributed by atoms with Crippen molar-refractivity contribution in [2.24, 2.45) is 10.4 Å². The molecule has 0 amide bonds. The van der Waals surface area contributed by atoms with Gasteiger partial charge in [0.25, 0.3) is 0 Å². The van der Waals surface area contributed by atoms with Crippen LogP contribution in [-0.4, -0.2) is 63.3 Å². The Balaban J connectivity index is 1.66. The number of guanidine groups is 1. The normalized spacial score (nSPS) is 22.1. The van der Waals surface area contributed by atoms with E-state index in [2.05, 4.69) is 34.4 Å². The second kappa shape index (κ2) is 9.48. The number of likely N-dealkylation sites (tertiary alicyclic amines) is 1. The molecule has 1 saturated heterocycles. The molecule has 2 rings (SSSR count). The molecule has 2 fully saturated rings. The van der Waals surface area contributed by atoms with Crippen molar-refractivity contribution < 1.29 is 4.74 Å². The summed E-state index contributed by atoms with van der Waals surface area (Å²) < 4.78 is 5.52. The van der Waals surface area contributed by atoms with Gasteiger partial charge in [-0.15, -0.1) is 0 Å². The number of hydrogen-bond donors (Lipinski definition) is 2. The van der Waals surface area contributed by atoms with Gasteiger partial charge in [-0.25, -0.2) is 0 Å². The Morgan fingerprint density at radius 1 is 1.26 bits per heavy atom. The second-order valence-corrected chi connectivity index (χ2v) is 7.13. The number of hydrogen-bond acceptors (Lipinski definition) is 3. The summed E-state index contributed by atoms with van der Waals surface area (Å²) in [6, 6.07) is 0.563. The summed E-state index contributed by atoms with van der Waals surface area (Å²) in [6.07, 6.45) is 7.50. The Morgan fingerprint density at radius 3 is 2.57 bits per heavy atom. The van der Waals surface area contributed by atoms with E-state index in [1.54, 1.807) is 0 Å². The van der Waals surface area contributed by atoms with E-state index in [1.165, 1.54) is 58.2 Å². The summed E-state index contributed by atoms with van der Waals surface area (Å²) in [7, 11) is 1.88. The van der Waals surface area contributed by atoms with Gasteiger partial charge in [0.15, 0.2) is 5.96 Å². The standard InChI is InChI=1S/C18H36N4O/c1-4-11-22-12-6-16(7-13-22)21-17(19-3)20-15-18(8-9-18)10-14-23-5-2/h16H,4-15H2,1-3H3,(H2,19,20,21). The highest BCUT2D eigenvalue weighted by atomic mass is 16.5. The van der Waals surface area contributed by atoms with Crippen molar-refractivity contribution in [3.63, 3.8) is 0 Å². The van der Waals surface area contributed by atoms with Gasteiger partial charge < -0.3 is 20.3 Å². The van der Waals surface area contributed by atoms with Crippen LogP contribution in [0, 0.1) is 5.41 Å². The minimum atomic E-state index is 0.456. The number of nitrogens with zero attached hydrogens (tertiary/aromatic N) is 2. The Kier molecular flexibility index (Phi) is 7.63. The topological polar surface area (TPSA) is 48.9 Å². The molecule has 5 nitrogen and oxygen atoms in total. The third-order valence-corrected chi connectivity index (χ3v) is 5.26. The van der Waals surface area contributed by atoms with Crippen LogP contribution in [0.5, 0.6) is 0 Å². The molecule has 1 aliphatic carbocycles. The lowest BCUT2D eigenvalue weighted by molar-refractivity contribution is 0.128. The van der Waals surface area contributed by atoms with E-state index in [0.29, 0.717) is 11.5 Å². The first kappa shape index (κ1) is 18.5. The van der Waals surface area contributed by atoms with Crippen LogP contribution in [0.1, 0.15) is 52.4 Å². The monoisotopic (exact) mass is 324 g/mol. The summed E-state index contributed by atoms with van der Waals surface area (Å²) in [5.41, 5.74) is 0.456. The zero-order valence-corrected chi connectivity index (χ0v) is 15.4. The third-order valence-electron chi connectivity index (χ3n) is 5.26. The highest BCUT2D eigenvalue weighted by Crippen LogP contribution is 2.48. The maximum absolute atomic E-state index is 5.52. The van der Waals surface area contributed by atoms with Crippen molar-refractivity contribution in [2.75, 3.05) is 46.4 Å². The van der Waals surface area contributed by atoms with Crippen molar-refractivity contribution in [2.45, 2.75) is 58.4 Å². The Labute approximate surface area is 142 Å². The van der Waals surface area contributed by atoms with Crippen LogP contribution >= 0.6 is 0 Å². The molecule has 23 heavy (non-hydrogen) atoms. The lowest BCUT2D eigenvalue weighted by Crippen LogP contribution is -2.49. The van der Waals surface area contributed by atoms with E-state index in [9.17, 15) is 0 Å². The molecule has 0 aromatic carbocycles. The molecular weight excluding hydrogens is 288 g/mol. The lowest BCUT2D eigenvalue weighted by Gasteiger charge is -2.33. The van der Waals surface area contributed by atoms with Gasteiger partial charge in [-0.1, -0.05) is 6.92 Å². The molecule has 0 bridgehead atoms. The molecule has 5 heteroatoms. The smallest absolute Gasteiger partial charge is 0.191 e. The Hall–Kier alpha value is -0.810. The fraction of sp³-hybridized carbons (Fsp3) is 0.944. The first-order valence-corrected chi connectivity index (χ1v) is 9.48. The molecule has 1 aliphatic heterocycles. The van der Waals surface area contributed by atoms with Gasteiger partial charge in [0.2, 0.25) is 0 Å². The highest BCUT2D eigenvalue weighted by molar-refractivity contribution is 5.80. The molecule has 1 heterocycles. The van der Waals surface area contributed by atoms with E-state index in [4.69, 9.17) is 4.74 Å². The molecule has 1 saturated carbocycles. The number of nitrogens with one attached hydrogen (secondary N) is 2. The molecule has 0 radical (unpaired) electrons. The number of piperidine rings is 1. The van der Waals surface area contributed by atoms with Crippen LogP contribution in [0.15, 0.2) is 4.99 Å². The largest absolute Gasteiger partial charge is 0.382 e. The van der Waals surface area contributed by atoms with E-state index in [-0.39, 0.29) is 0 Å². The lowest BCUT2D eigenvalue weighted by atomic mass is 10.0. The average molecular weight is 325 g/mol. The van der Waals surface area contributed by atoms with Gasteiger partial charge >= 0.3 is 0 Å².